The van der Waals surface area contributed by atoms with Crippen LogP contribution >= 0.6 is 0 Å². The van der Waals surface area contributed by atoms with Crippen molar-refractivity contribution in [1.82, 2.24) is 0 Å². The number of unbranched alkanes of at least 4 members (excludes halogenated alkanes) is 32. The second-order valence-corrected chi connectivity index (χ2v) is 18.8. The van der Waals surface area contributed by atoms with Crippen LogP contribution in [0.1, 0.15) is 290 Å². The van der Waals surface area contributed by atoms with Crippen molar-refractivity contribution in [3.63, 3.8) is 0 Å². The van der Waals surface area contributed by atoms with Gasteiger partial charge in [0.15, 0.2) is 6.10 Å². The highest BCUT2D eigenvalue weighted by Gasteiger charge is 2.19. The number of allylic oxidation sites excluding steroid dienone is 8. The lowest BCUT2D eigenvalue weighted by Gasteiger charge is -2.18. The average Bonchev–Trinajstić information content (AvgIpc) is 3.30. The molecule has 0 aliphatic rings. The van der Waals surface area contributed by atoms with Crippen LogP contribution in [0.25, 0.3) is 0 Å². The van der Waals surface area contributed by atoms with Gasteiger partial charge in [-0.25, -0.2) is 0 Å². The van der Waals surface area contributed by atoms with E-state index in [1.165, 1.54) is 161 Å². The van der Waals surface area contributed by atoms with Crippen LogP contribution in [0, 0.1) is 0 Å². The quantitative estimate of drug-likeness (QED) is 0.0262. The molecule has 0 N–H and O–H groups in total. The van der Waals surface area contributed by atoms with E-state index in [9.17, 15) is 14.4 Å². The molecule has 0 amide bonds. The molecule has 0 saturated heterocycles. The van der Waals surface area contributed by atoms with Gasteiger partial charge in [0.2, 0.25) is 0 Å². The van der Waals surface area contributed by atoms with Crippen LogP contribution in [0.4, 0.5) is 0 Å². The van der Waals surface area contributed by atoms with Gasteiger partial charge in [-0.1, -0.05) is 243 Å². The van der Waals surface area contributed by atoms with Gasteiger partial charge < -0.3 is 14.2 Å². The number of hydrogen-bond donors (Lipinski definition) is 0. The van der Waals surface area contributed by atoms with Crippen molar-refractivity contribution < 1.29 is 28.6 Å². The van der Waals surface area contributed by atoms with Gasteiger partial charge in [-0.15, -0.1) is 0 Å². The zero-order valence-electron chi connectivity index (χ0n) is 43.3. The Kier molecular flexibility index (Phi) is 51.8. The summed E-state index contributed by atoms with van der Waals surface area (Å²) in [6.45, 7) is 6.56. The highest BCUT2D eigenvalue weighted by atomic mass is 16.6. The third-order valence-electron chi connectivity index (χ3n) is 12.3. The van der Waals surface area contributed by atoms with E-state index >= 15 is 0 Å². The monoisotopic (exact) mass is 911 g/mol. The molecule has 1 atom stereocenters. The van der Waals surface area contributed by atoms with E-state index in [0.29, 0.717) is 19.3 Å². The van der Waals surface area contributed by atoms with Crippen LogP contribution in [0.2, 0.25) is 0 Å². The molecule has 0 bridgehead atoms. The normalized spacial score (nSPS) is 12.4. The molecule has 65 heavy (non-hydrogen) atoms. The second kappa shape index (κ2) is 54.0. The molecular weight excluding hydrogens is 805 g/mol. The van der Waals surface area contributed by atoms with E-state index in [1.807, 2.05) is 0 Å². The topological polar surface area (TPSA) is 78.9 Å². The molecule has 0 heterocycles. The van der Waals surface area contributed by atoms with Crippen LogP contribution in [-0.2, 0) is 28.6 Å². The van der Waals surface area contributed by atoms with E-state index in [-0.39, 0.29) is 31.1 Å². The summed E-state index contributed by atoms with van der Waals surface area (Å²) in [5.74, 6) is -0.880. The maximum atomic E-state index is 12.7. The van der Waals surface area contributed by atoms with Crippen molar-refractivity contribution >= 4 is 17.9 Å². The zero-order valence-corrected chi connectivity index (χ0v) is 43.3. The molecule has 0 rings (SSSR count). The van der Waals surface area contributed by atoms with Crippen molar-refractivity contribution in [2.45, 2.75) is 297 Å². The minimum absolute atomic E-state index is 0.0743. The predicted molar refractivity (Wildman–Crippen MR) is 279 cm³/mol. The molecule has 0 aromatic rings. The minimum Gasteiger partial charge on any atom is -0.462 e. The summed E-state index contributed by atoms with van der Waals surface area (Å²) < 4.78 is 16.8. The SMILES string of the molecule is CCC/C=C\CCCCCCCC(=O)OC(COC(=O)CCCCCCCCCCCC)COC(=O)CCCCCCCCCCCCCC/C=C\C/C=C\C/C=C\CCCCCCC. The largest absolute Gasteiger partial charge is 0.462 e. The molecule has 1 unspecified atom stereocenters. The Balaban J connectivity index is 4.11. The van der Waals surface area contributed by atoms with Crippen molar-refractivity contribution in [1.29, 1.82) is 0 Å². The Morgan fingerprint density at radius 1 is 0.308 bits per heavy atom. The maximum absolute atomic E-state index is 12.7. The number of rotatable bonds is 51. The van der Waals surface area contributed by atoms with Gasteiger partial charge in [0.05, 0.1) is 0 Å². The van der Waals surface area contributed by atoms with E-state index in [2.05, 4.69) is 69.4 Å². The fourth-order valence-electron chi connectivity index (χ4n) is 8.04. The van der Waals surface area contributed by atoms with Gasteiger partial charge in [-0.2, -0.15) is 0 Å². The smallest absolute Gasteiger partial charge is 0.306 e. The Labute approximate surface area is 403 Å². The molecule has 0 aliphatic heterocycles. The Hall–Kier alpha value is -2.63. The highest BCUT2D eigenvalue weighted by Crippen LogP contribution is 2.16. The lowest BCUT2D eigenvalue weighted by molar-refractivity contribution is -0.167. The first-order chi connectivity index (χ1) is 32.0. The lowest BCUT2D eigenvalue weighted by atomic mass is 10.0. The number of carbonyl (C=O) groups is 3. The van der Waals surface area contributed by atoms with Crippen LogP contribution in [0.5, 0.6) is 0 Å². The summed E-state index contributed by atoms with van der Waals surface area (Å²) in [6.07, 6.45) is 65.5. The minimum atomic E-state index is -0.773. The summed E-state index contributed by atoms with van der Waals surface area (Å²) in [7, 11) is 0. The maximum Gasteiger partial charge on any atom is 0.306 e. The predicted octanol–water partition coefficient (Wildman–Crippen LogP) is 18.7. The molecule has 0 radical (unpaired) electrons. The molecule has 0 aromatic heterocycles. The second-order valence-electron chi connectivity index (χ2n) is 18.8. The van der Waals surface area contributed by atoms with Crippen LogP contribution in [-0.4, -0.2) is 37.2 Å². The average molecular weight is 911 g/mol. The fraction of sp³-hybridized carbons (Fsp3) is 0.814. The first kappa shape index (κ1) is 62.4. The Morgan fingerprint density at radius 3 is 0.938 bits per heavy atom. The Bertz CT molecular complexity index is 1140. The third-order valence-corrected chi connectivity index (χ3v) is 12.3. The van der Waals surface area contributed by atoms with E-state index in [4.69, 9.17) is 14.2 Å². The summed E-state index contributed by atoms with van der Waals surface area (Å²) in [5.41, 5.74) is 0. The standard InChI is InChI=1S/C59H106O6/c1-4-7-10-13-16-19-22-23-24-25-26-27-28-29-30-31-32-33-34-35-36-37-38-41-43-46-49-52-58(61)64-55-56(65-59(62)53-50-47-44-40-21-18-15-12-9-6-3)54-63-57(60)51-48-45-42-39-20-17-14-11-8-5-2/h12,15,22-23,25-26,28-29,56H,4-11,13-14,16-21,24,27,30-55H2,1-3H3/b15-12-,23-22-,26-25-,29-28-. The summed E-state index contributed by atoms with van der Waals surface area (Å²) in [5, 5.41) is 0. The van der Waals surface area contributed by atoms with Gasteiger partial charge in [0, 0.05) is 19.3 Å². The van der Waals surface area contributed by atoms with E-state index < -0.39 is 6.10 Å². The summed E-state index contributed by atoms with van der Waals surface area (Å²) >= 11 is 0. The van der Waals surface area contributed by atoms with Crippen molar-refractivity contribution in [2.24, 2.45) is 0 Å². The number of esters is 3. The number of hydrogen-bond acceptors (Lipinski definition) is 6. The van der Waals surface area contributed by atoms with Gasteiger partial charge in [-0.3, -0.25) is 14.4 Å². The van der Waals surface area contributed by atoms with Gasteiger partial charge in [0.25, 0.3) is 0 Å². The highest BCUT2D eigenvalue weighted by molar-refractivity contribution is 5.71. The third kappa shape index (κ3) is 52.2. The van der Waals surface area contributed by atoms with Crippen LogP contribution in [0.15, 0.2) is 48.6 Å². The molecule has 0 spiro atoms. The molecule has 6 heteroatoms. The molecule has 0 saturated carbocycles. The molecular formula is C59H106O6. The van der Waals surface area contributed by atoms with E-state index in [0.717, 1.165) is 89.9 Å². The summed E-state index contributed by atoms with van der Waals surface area (Å²) in [6, 6.07) is 0. The molecule has 0 fully saturated rings. The van der Waals surface area contributed by atoms with Crippen LogP contribution in [0.3, 0.4) is 0 Å². The van der Waals surface area contributed by atoms with Crippen molar-refractivity contribution in [2.75, 3.05) is 13.2 Å². The molecule has 0 aliphatic carbocycles. The van der Waals surface area contributed by atoms with E-state index in [1.54, 1.807) is 0 Å². The van der Waals surface area contributed by atoms with Crippen molar-refractivity contribution in [3.05, 3.63) is 48.6 Å². The molecule has 6 nitrogen and oxygen atoms in total. The fourth-order valence-corrected chi connectivity index (χ4v) is 8.04. The number of ether oxygens (including phenoxy) is 3. The van der Waals surface area contributed by atoms with Gasteiger partial charge >= 0.3 is 17.9 Å². The zero-order chi connectivity index (χ0) is 47.2. The molecule has 378 valence electrons. The van der Waals surface area contributed by atoms with Crippen molar-refractivity contribution in [3.8, 4) is 0 Å². The van der Waals surface area contributed by atoms with Crippen LogP contribution < -0.4 is 0 Å². The lowest BCUT2D eigenvalue weighted by Crippen LogP contribution is -2.30. The van der Waals surface area contributed by atoms with Gasteiger partial charge in [0.1, 0.15) is 13.2 Å². The van der Waals surface area contributed by atoms with Gasteiger partial charge in [-0.05, 0) is 77.0 Å². The first-order valence-electron chi connectivity index (χ1n) is 28.1. The first-order valence-corrected chi connectivity index (χ1v) is 28.1. The number of carbonyl (C=O) groups excluding carboxylic acids is 3. The summed E-state index contributed by atoms with van der Waals surface area (Å²) in [4.78, 5) is 37.9. The molecule has 0 aromatic carbocycles. The Morgan fingerprint density at radius 2 is 0.585 bits per heavy atom.